The van der Waals surface area contributed by atoms with E-state index in [4.69, 9.17) is 0 Å². The van der Waals surface area contributed by atoms with Crippen molar-refractivity contribution < 1.29 is 33.3 Å². The molecule has 1 fully saturated rings. The lowest BCUT2D eigenvalue weighted by Crippen LogP contribution is -3.00. The Balaban J connectivity index is 0.00000342. The van der Waals surface area contributed by atoms with Crippen molar-refractivity contribution in [1.29, 1.82) is 0 Å². The van der Waals surface area contributed by atoms with Crippen molar-refractivity contribution >= 4 is 28.1 Å². The van der Waals surface area contributed by atoms with E-state index in [-0.39, 0.29) is 29.9 Å². The number of allylic oxidation sites excluding steroid dienone is 1. The monoisotopic (exact) mass is 608 g/mol. The summed E-state index contributed by atoms with van der Waals surface area (Å²) >= 11 is 1.51. The highest BCUT2D eigenvalue weighted by Crippen LogP contribution is 2.28. The number of benzene rings is 1. The van der Waals surface area contributed by atoms with Crippen LogP contribution in [0.3, 0.4) is 0 Å². The number of hydrogen-bond donors (Lipinski definition) is 1. The zero-order valence-electron chi connectivity index (χ0n) is 21.3. The first-order valence-electron chi connectivity index (χ1n) is 13.1. The Morgan fingerprint density at radius 2 is 1.91 bits per heavy atom. The number of aromatic nitrogens is 1. The number of rotatable bonds is 7. The molecule has 0 saturated carbocycles. The number of para-hydroxylation sites is 1. The van der Waals surface area contributed by atoms with Crippen LogP contribution in [0.4, 0.5) is 10.8 Å². The molecule has 2 atom stereocenters. The Morgan fingerprint density at radius 1 is 1.14 bits per heavy atom. The van der Waals surface area contributed by atoms with Crippen molar-refractivity contribution in [2.75, 3.05) is 45.2 Å². The van der Waals surface area contributed by atoms with E-state index in [1.807, 2.05) is 47.7 Å². The molecule has 35 heavy (non-hydrogen) atoms. The zero-order chi connectivity index (χ0) is 23.8. The number of amides is 1. The number of nitrogens with one attached hydrogen (secondary N) is 1. The van der Waals surface area contributed by atoms with Gasteiger partial charge in [0.1, 0.15) is 12.2 Å². The molecule has 1 N–H and O–H groups in total. The van der Waals surface area contributed by atoms with E-state index in [1.165, 1.54) is 82.2 Å². The Bertz CT molecular complexity index is 963. The normalized spacial score (nSPS) is 24.6. The summed E-state index contributed by atoms with van der Waals surface area (Å²) in [7, 11) is 4.41. The molecule has 192 valence electrons. The molecule has 5 nitrogen and oxygen atoms in total. The van der Waals surface area contributed by atoms with E-state index in [2.05, 4.69) is 23.4 Å². The highest BCUT2D eigenvalue weighted by atomic mass is 127. The molecule has 1 amide bonds. The van der Waals surface area contributed by atoms with Gasteiger partial charge in [-0.3, -0.25) is 4.79 Å². The molecule has 4 rings (SSSR count). The topological polar surface area (TPSA) is 45.2 Å². The number of quaternary nitrogens is 1. The van der Waals surface area contributed by atoms with Crippen LogP contribution in [0, 0.1) is 5.92 Å². The lowest BCUT2D eigenvalue weighted by Gasteiger charge is -2.42. The molecule has 0 bridgehead atoms. The number of anilines is 2. The van der Waals surface area contributed by atoms with E-state index in [0.717, 1.165) is 28.4 Å². The first-order chi connectivity index (χ1) is 16.5. The minimum absolute atomic E-state index is 0. The number of halogens is 1. The van der Waals surface area contributed by atoms with Gasteiger partial charge in [0.25, 0.3) is 5.91 Å². The van der Waals surface area contributed by atoms with Gasteiger partial charge in [0.05, 0.1) is 20.1 Å². The van der Waals surface area contributed by atoms with Gasteiger partial charge in [0.2, 0.25) is 0 Å². The highest BCUT2D eigenvalue weighted by Gasteiger charge is 2.32. The van der Waals surface area contributed by atoms with E-state index in [9.17, 15) is 4.79 Å². The summed E-state index contributed by atoms with van der Waals surface area (Å²) in [4.78, 5) is 19.5. The fraction of sp³-hybridized carbons (Fsp3) is 0.571. The summed E-state index contributed by atoms with van der Waals surface area (Å²) in [5.74, 6) is 0.479. The van der Waals surface area contributed by atoms with E-state index < -0.39 is 0 Å². The number of likely N-dealkylation sites (tertiary alicyclic amines) is 1. The Labute approximate surface area is 232 Å². The maximum Gasteiger partial charge on any atom is 0.270 e. The SMILES string of the molecule is CN(c1ccccc1)c1nc(C(=O)NC[C@@H]2CCC[N+](C)(C/C3=C/CCCCCCC3)C2)cs1.[I-]. The molecular weight excluding hydrogens is 567 g/mol. The minimum Gasteiger partial charge on any atom is -1.00 e. The van der Waals surface area contributed by atoms with Crippen LogP contribution in [0.1, 0.15) is 68.3 Å². The third kappa shape index (κ3) is 8.29. The summed E-state index contributed by atoms with van der Waals surface area (Å²) in [6.45, 7) is 4.33. The van der Waals surface area contributed by atoms with Crippen LogP contribution < -0.4 is 34.2 Å². The van der Waals surface area contributed by atoms with Gasteiger partial charge >= 0.3 is 0 Å². The van der Waals surface area contributed by atoms with Gasteiger partial charge in [0.15, 0.2) is 5.13 Å². The molecular formula is C28H41IN4OS. The second-order valence-electron chi connectivity index (χ2n) is 10.5. The molecule has 1 unspecified atom stereocenters. The fourth-order valence-electron chi connectivity index (χ4n) is 5.56. The number of carbonyl (C=O) groups excluding carboxylic acids is 1. The van der Waals surface area contributed by atoms with E-state index in [0.29, 0.717) is 11.6 Å². The number of nitrogens with zero attached hydrogens (tertiary/aromatic N) is 3. The van der Waals surface area contributed by atoms with E-state index >= 15 is 0 Å². The lowest BCUT2D eigenvalue weighted by molar-refractivity contribution is -0.913. The van der Waals surface area contributed by atoms with Crippen molar-refractivity contribution in [2.45, 2.75) is 57.8 Å². The zero-order valence-corrected chi connectivity index (χ0v) is 24.3. The van der Waals surface area contributed by atoms with Crippen molar-refractivity contribution in [3.05, 3.63) is 53.1 Å². The number of likely N-dealkylation sites (N-methyl/N-ethyl adjacent to an activating group) is 1. The van der Waals surface area contributed by atoms with Crippen molar-refractivity contribution in [3.8, 4) is 0 Å². The van der Waals surface area contributed by atoms with Gasteiger partial charge in [-0.1, -0.05) is 43.5 Å². The van der Waals surface area contributed by atoms with Gasteiger partial charge in [-0.15, -0.1) is 11.3 Å². The third-order valence-electron chi connectivity index (χ3n) is 7.44. The van der Waals surface area contributed by atoms with Gasteiger partial charge < -0.3 is 38.7 Å². The van der Waals surface area contributed by atoms with Crippen LogP contribution in [-0.4, -0.2) is 55.6 Å². The summed E-state index contributed by atoms with van der Waals surface area (Å²) in [6.07, 6.45) is 14.4. The molecule has 2 aromatic rings. The number of hydrogen-bond acceptors (Lipinski definition) is 4. The van der Waals surface area contributed by atoms with Crippen molar-refractivity contribution in [2.24, 2.45) is 5.92 Å². The van der Waals surface area contributed by atoms with Gasteiger partial charge in [-0.05, 0) is 56.2 Å². The molecule has 1 aromatic carbocycles. The number of piperidine rings is 1. The first kappa shape index (κ1) is 28.1. The first-order valence-corrected chi connectivity index (χ1v) is 13.9. The van der Waals surface area contributed by atoms with Crippen LogP contribution in [0.15, 0.2) is 47.4 Å². The largest absolute Gasteiger partial charge is 1.00 e. The molecule has 0 radical (unpaired) electrons. The highest BCUT2D eigenvalue weighted by molar-refractivity contribution is 7.14. The molecule has 2 aliphatic rings. The average Bonchev–Trinajstić information content (AvgIpc) is 3.37. The summed E-state index contributed by atoms with van der Waals surface area (Å²) in [6, 6.07) is 10.1. The summed E-state index contributed by atoms with van der Waals surface area (Å²) < 4.78 is 1.12. The smallest absolute Gasteiger partial charge is 0.270 e. The van der Waals surface area contributed by atoms with Crippen LogP contribution in [0.2, 0.25) is 0 Å². The molecule has 1 aliphatic heterocycles. The molecule has 2 heterocycles. The maximum absolute atomic E-state index is 12.8. The Hall–Kier alpha value is -1.45. The summed E-state index contributed by atoms with van der Waals surface area (Å²) in [5, 5.41) is 5.90. The number of thiazole rings is 1. The Morgan fingerprint density at radius 3 is 2.74 bits per heavy atom. The number of carbonyl (C=O) groups is 1. The van der Waals surface area contributed by atoms with Crippen molar-refractivity contribution in [1.82, 2.24) is 10.3 Å². The average molecular weight is 609 g/mol. The molecule has 7 heteroatoms. The van der Waals surface area contributed by atoms with Crippen molar-refractivity contribution in [3.63, 3.8) is 0 Å². The predicted molar refractivity (Wildman–Crippen MR) is 143 cm³/mol. The minimum atomic E-state index is -0.0530. The molecule has 0 spiro atoms. The van der Waals surface area contributed by atoms with Gasteiger partial charge in [-0.2, -0.15) is 0 Å². The maximum atomic E-state index is 12.8. The van der Waals surface area contributed by atoms with Gasteiger partial charge in [0, 0.05) is 30.6 Å². The Kier molecular flexibility index (Phi) is 11.0. The quantitative estimate of drug-likeness (QED) is 0.299. The molecule has 1 aromatic heterocycles. The van der Waals surface area contributed by atoms with Gasteiger partial charge in [-0.25, -0.2) is 4.98 Å². The standard InChI is InChI=1S/C28H40N4OS.HI/c1-31(25-16-10-7-11-17-25)28-30-26(22-34-28)27(33)29-19-24-15-12-18-32(2,21-24)20-23-13-8-5-3-4-6-9-14-23;/h7,10-11,13,16-17,22,24H,3-6,8-9,12,14-15,18-21H2,1-2H3;1H/b23-13+;/t24-,32?;/m0./s1. The lowest BCUT2D eigenvalue weighted by atomic mass is 9.94. The van der Waals surface area contributed by atoms with Crippen LogP contribution in [-0.2, 0) is 0 Å². The second kappa shape index (κ2) is 13.7. The molecule has 1 aliphatic carbocycles. The second-order valence-corrected chi connectivity index (χ2v) is 11.3. The van der Waals surface area contributed by atoms with E-state index in [1.54, 1.807) is 5.57 Å². The fourth-order valence-corrected chi connectivity index (χ4v) is 6.35. The van der Waals surface area contributed by atoms with Crippen LogP contribution >= 0.6 is 11.3 Å². The predicted octanol–water partition coefficient (Wildman–Crippen LogP) is 3.17. The summed E-state index contributed by atoms with van der Waals surface area (Å²) in [5.41, 5.74) is 3.26. The third-order valence-corrected chi connectivity index (χ3v) is 8.35. The van der Waals surface area contributed by atoms with Crippen LogP contribution in [0.25, 0.3) is 0 Å². The van der Waals surface area contributed by atoms with Crippen LogP contribution in [0.5, 0.6) is 0 Å². The molecule has 1 saturated heterocycles.